The van der Waals surface area contributed by atoms with Gasteiger partial charge < -0.3 is 9.30 Å². The smallest absolute Gasteiger partial charge is 0.230 e. The summed E-state index contributed by atoms with van der Waals surface area (Å²) in [5, 5.41) is 12.4. The van der Waals surface area contributed by atoms with Gasteiger partial charge in [0.05, 0.1) is 18.5 Å². The second kappa shape index (κ2) is 10.8. The number of thiazole rings is 1. The SMILES string of the molecule is CCc1ccccc1N(C(C)=O)c1nc(CSc2nnc(-c3ccc(OC)cc3)n2CC)cs1. The Labute approximate surface area is 207 Å². The molecule has 0 spiro atoms. The lowest BCUT2D eigenvalue weighted by molar-refractivity contribution is -0.115. The topological polar surface area (TPSA) is 73.1 Å². The Hall–Kier alpha value is -3.17. The fraction of sp³-hybridized carbons (Fsp3) is 0.280. The van der Waals surface area contributed by atoms with Crippen molar-refractivity contribution in [2.75, 3.05) is 12.0 Å². The minimum Gasteiger partial charge on any atom is -0.497 e. The van der Waals surface area contributed by atoms with E-state index in [-0.39, 0.29) is 5.91 Å². The Balaban J connectivity index is 1.52. The number of ether oxygens (including phenoxy) is 1. The van der Waals surface area contributed by atoms with Crippen LogP contribution in [0.3, 0.4) is 0 Å². The number of aryl methyl sites for hydroxylation is 1. The zero-order valence-electron chi connectivity index (χ0n) is 19.7. The van der Waals surface area contributed by atoms with Crippen LogP contribution in [0.1, 0.15) is 32.0 Å². The summed E-state index contributed by atoms with van der Waals surface area (Å²) in [6, 6.07) is 15.8. The predicted octanol–water partition coefficient (Wildman–Crippen LogP) is 5.97. The van der Waals surface area contributed by atoms with Crippen LogP contribution in [0.5, 0.6) is 5.75 Å². The minimum absolute atomic E-state index is 0.0516. The van der Waals surface area contributed by atoms with Crippen molar-refractivity contribution < 1.29 is 9.53 Å². The first-order valence-corrected chi connectivity index (χ1v) is 13.0. The third-order valence-corrected chi connectivity index (χ3v) is 7.26. The monoisotopic (exact) mass is 493 g/mol. The van der Waals surface area contributed by atoms with Gasteiger partial charge in [-0.3, -0.25) is 9.69 Å². The number of hydrogen-bond donors (Lipinski definition) is 0. The highest BCUT2D eigenvalue weighted by Crippen LogP contribution is 2.33. The zero-order valence-corrected chi connectivity index (χ0v) is 21.3. The second-order valence-electron chi connectivity index (χ2n) is 7.53. The van der Waals surface area contributed by atoms with Gasteiger partial charge in [-0.25, -0.2) is 4.98 Å². The molecular weight excluding hydrogens is 466 g/mol. The third kappa shape index (κ3) is 5.00. The number of anilines is 2. The number of methoxy groups -OCH3 is 1. The number of carbonyl (C=O) groups is 1. The highest BCUT2D eigenvalue weighted by Gasteiger charge is 2.21. The molecule has 7 nitrogen and oxygen atoms in total. The Morgan fingerprint density at radius 3 is 2.56 bits per heavy atom. The van der Waals surface area contributed by atoms with E-state index in [0.717, 1.165) is 52.2 Å². The van der Waals surface area contributed by atoms with Gasteiger partial charge in [-0.15, -0.1) is 21.5 Å². The molecule has 0 saturated heterocycles. The van der Waals surface area contributed by atoms with Crippen LogP contribution in [0.4, 0.5) is 10.8 Å². The van der Waals surface area contributed by atoms with E-state index in [4.69, 9.17) is 9.72 Å². The lowest BCUT2D eigenvalue weighted by atomic mass is 10.1. The van der Waals surface area contributed by atoms with Crippen LogP contribution in [-0.4, -0.2) is 32.8 Å². The first-order chi connectivity index (χ1) is 16.5. The molecular formula is C25H27N5O2S2. The molecule has 0 aliphatic rings. The van der Waals surface area contributed by atoms with Gasteiger partial charge in [-0.2, -0.15) is 0 Å². The summed E-state index contributed by atoms with van der Waals surface area (Å²) in [6.07, 6.45) is 0.844. The minimum atomic E-state index is -0.0516. The molecule has 0 N–H and O–H groups in total. The fourth-order valence-electron chi connectivity index (χ4n) is 3.67. The van der Waals surface area contributed by atoms with Gasteiger partial charge >= 0.3 is 0 Å². The van der Waals surface area contributed by atoms with Crippen molar-refractivity contribution in [3.05, 3.63) is 65.2 Å². The van der Waals surface area contributed by atoms with E-state index in [1.54, 1.807) is 30.7 Å². The summed E-state index contributed by atoms with van der Waals surface area (Å²) in [4.78, 5) is 19.0. The van der Waals surface area contributed by atoms with Crippen LogP contribution in [0, 0.1) is 0 Å². The summed E-state index contributed by atoms with van der Waals surface area (Å²) < 4.78 is 7.35. The maximum atomic E-state index is 12.5. The normalized spacial score (nSPS) is 10.9. The Morgan fingerprint density at radius 1 is 1.12 bits per heavy atom. The molecule has 0 bridgehead atoms. The number of carbonyl (C=O) groups excluding carboxylic acids is 1. The predicted molar refractivity (Wildman–Crippen MR) is 138 cm³/mol. The van der Waals surface area contributed by atoms with Crippen molar-refractivity contribution in [3.8, 4) is 17.1 Å². The number of aromatic nitrogens is 4. The molecule has 176 valence electrons. The number of nitrogens with zero attached hydrogens (tertiary/aromatic N) is 5. The van der Waals surface area contributed by atoms with Gasteiger partial charge in [0.15, 0.2) is 16.1 Å². The largest absolute Gasteiger partial charge is 0.497 e. The molecule has 0 unspecified atom stereocenters. The average Bonchev–Trinajstić information content (AvgIpc) is 3.49. The van der Waals surface area contributed by atoms with Crippen LogP contribution in [0.2, 0.25) is 0 Å². The van der Waals surface area contributed by atoms with Gasteiger partial charge in [0.1, 0.15) is 5.75 Å². The van der Waals surface area contributed by atoms with E-state index >= 15 is 0 Å². The van der Waals surface area contributed by atoms with E-state index in [9.17, 15) is 4.79 Å². The number of para-hydroxylation sites is 1. The van der Waals surface area contributed by atoms with Gasteiger partial charge in [-0.1, -0.05) is 36.9 Å². The third-order valence-electron chi connectivity index (χ3n) is 5.39. The van der Waals surface area contributed by atoms with Crippen molar-refractivity contribution in [2.45, 2.75) is 44.6 Å². The molecule has 0 atom stereocenters. The van der Waals surface area contributed by atoms with E-state index < -0.39 is 0 Å². The fourth-order valence-corrected chi connectivity index (χ4v) is 5.55. The van der Waals surface area contributed by atoms with Crippen LogP contribution in [-0.2, 0) is 23.5 Å². The van der Waals surface area contributed by atoms with E-state index in [2.05, 4.69) is 28.6 Å². The van der Waals surface area contributed by atoms with Gasteiger partial charge in [-0.05, 0) is 49.2 Å². The van der Waals surface area contributed by atoms with Gasteiger partial charge in [0.2, 0.25) is 5.91 Å². The van der Waals surface area contributed by atoms with Crippen molar-refractivity contribution >= 4 is 39.8 Å². The second-order valence-corrected chi connectivity index (χ2v) is 9.30. The number of benzene rings is 2. The van der Waals surface area contributed by atoms with Gasteiger partial charge in [0.25, 0.3) is 0 Å². The van der Waals surface area contributed by atoms with E-state index in [1.165, 1.54) is 11.3 Å². The highest BCUT2D eigenvalue weighted by atomic mass is 32.2. The molecule has 4 rings (SSSR count). The van der Waals surface area contributed by atoms with Crippen LogP contribution in [0.15, 0.2) is 59.1 Å². The molecule has 2 aromatic heterocycles. The summed E-state index contributed by atoms with van der Waals surface area (Å²) in [5.74, 6) is 2.22. The first kappa shape index (κ1) is 24.0. The molecule has 0 fully saturated rings. The summed E-state index contributed by atoms with van der Waals surface area (Å²) >= 11 is 3.07. The number of rotatable bonds is 9. The Morgan fingerprint density at radius 2 is 1.88 bits per heavy atom. The van der Waals surface area contributed by atoms with Crippen molar-refractivity contribution in [2.24, 2.45) is 0 Å². The molecule has 2 heterocycles. The van der Waals surface area contributed by atoms with Crippen molar-refractivity contribution in [3.63, 3.8) is 0 Å². The van der Waals surface area contributed by atoms with Gasteiger partial charge in [0, 0.05) is 30.2 Å². The molecule has 34 heavy (non-hydrogen) atoms. The summed E-state index contributed by atoms with van der Waals surface area (Å²) in [7, 11) is 1.65. The quantitative estimate of drug-likeness (QED) is 0.268. The lowest BCUT2D eigenvalue weighted by Crippen LogP contribution is -2.23. The van der Waals surface area contributed by atoms with E-state index in [1.807, 2.05) is 53.9 Å². The van der Waals surface area contributed by atoms with Crippen molar-refractivity contribution in [1.82, 2.24) is 19.7 Å². The summed E-state index contributed by atoms with van der Waals surface area (Å²) in [6.45, 7) is 6.50. The molecule has 0 aliphatic carbocycles. The lowest BCUT2D eigenvalue weighted by Gasteiger charge is -2.20. The van der Waals surface area contributed by atoms with Crippen LogP contribution in [0.25, 0.3) is 11.4 Å². The number of amides is 1. The first-order valence-electron chi connectivity index (χ1n) is 11.1. The molecule has 0 aliphatic heterocycles. The molecule has 1 amide bonds. The molecule has 0 radical (unpaired) electrons. The molecule has 4 aromatic rings. The van der Waals surface area contributed by atoms with Crippen molar-refractivity contribution in [1.29, 1.82) is 0 Å². The Bertz CT molecular complexity index is 1270. The van der Waals surface area contributed by atoms with E-state index in [0.29, 0.717) is 10.9 Å². The average molecular weight is 494 g/mol. The maximum Gasteiger partial charge on any atom is 0.230 e. The number of hydrogen-bond acceptors (Lipinski definition) is 7. The molecule has 9 heteroatoms. The van der Waals surface area contributed by atoms with Crippen LogP contribution < -0.4 is 9.64 Å². The van der Waals surface area contributed by atoms with Crippen LogP contribution >= 0.6 is 23.1 Å². The number of thioether (sulfide) groups is 1. The Kier molecular flexibility index (Phi) is 7.64. The summed E-state index contributed by atoms with van der Waals surface area (Å²) in [5.41, 5.74) is 3.90. The maximum absolute atomic E-state index is 12.5. The highest BCUT2D eigenvalue weighted by molar-refractivity contribution is 7.98. The molecule has 2 aromatic carbocycles. The zero-order chi connectivity index (χ0) is 24.1. The molecule has 0 saturated carbocycles. The standard InChI is InChI=1S/C25H27N5O2S2/c1-5-18-9-7-8-10-22(18)30(17(3)31)24-26-20(15-33-24)16-34-25-28-27-23(29(25)6-2)19-11-13-21(32-4)14-12-19/h7-15H,5-6,16H2,1-4H3.